The lowest BCUT2D eigenvalue weighted by atomic mass is 10.1. The highest BCUT2D eigenvalue weighted by Crippen LogP contribution is 2.14. The van der Waals surface area contributed by atoms with Crippen LogP contribution in [0.15, 0.2) is 60.7 Å². The van der Waals surface area contributed by atoms with Crippen LogP contribution in [0.25, 0.3) is 0 Å². The van der Waals surface area contributed by atoms with Crippen molar-refractivity contribution in [2.45, 2.75) is 51.4 Å². The minimum absolute atomic E-state index is 0.232. The zero-order valence-corrected chi connectivity index (χ0v) is 18.1. The zero-order valence-electron chi connectivity index (χ0n) is 18.1. The first kappa shape index (κ1) is 22.6. The summed E-state index contributed by atoms with van der Waals surface area (Å²) >= 11 is 0. The number of aromatic nitrogens is 4. The molecule has 0 bridgehead atoms. The van der Waals surface area contributed by atoms with Gasteiger partial charge in [0, 0.05) is 6.54 Å². The van der Waals surface area contributed by atoms with Crippen molar-refractivity contribution < 1.29 is 9.53 Å². The number of tetrazole rings is 1. The number of nitrogens with one attached hydrogen (secondary N) is 1. The van der Waals surface area contributed by atoms with Crippen molar-refractivity contribution in [1.82, 2.24) is 25.5 Å². The highest BCUT2D eigenvalue weighted by atomic mass is 16.5. The molecule has 3 N–H and O–H groups in total. The fourth-order valence-corrected chi connectivity index (χ4v) is 3.09. The van der Waals surface area contributed by atoms with Crippen LogP contribution in [0, 0.1) is 0 Å². The van der Waals surface area contributed by atoms with Crippen LogP contribution in [-0.4, -0.2) is 38.3 Å². The second-order valence-corrected chi connectivity index (χ2v) is 8.10. The quantitative estimate of drug-likeness (QED) is 0.491. The van der Waals surface area contributed by atoms with E-state index in [4.69, 9.17) is 10.5 Å². The van der Waals surface area contributed by atoms with Gasteiger partial charge >= 0.3 is 0 Å². The Morgan fingerprint density at radius 2 is 1.74 bits per heavy atom. The molecule has 0 saturated heterocycles. The van der Waals surface area contributed by atoms with Crippen molar-refractivity contribution in [3.05, 3.63) is 77.6 Å². The van der Waals surface area contributed by atoms with Crippen LogP contribution < -0.4 is 11.1 Å². The Kier molecular flexibility index (Phi) is 7.86. The molecule has 1 amide bonds. The average Bonchev–Trinajstić information content (AvgIpc) is 3.22. The van der Waals surface area contributed by atoms with Crippen molar-refractivity contribution in [3.8, 4) is 0 Å². The van der Waals surface area contributed by atoms with Gasteiger partial charge in [-0.2, -0.15) is 0 Å². The fraction of sp³-hybridized carbons (Fsp3) is 0.391. The van der Waals surface area contributed by atoms with Crippen LogP contribution in [0.1, 0.15) is 43.3 Å². The summed E-state index contributed by atoms with van der Waals surface area (Å²) in [6, 6.07) is 19.6. The summed E-state index contributed by atoms with van der Waals surface area (Å²) in [4.78, 5) is 12.5. The normalized spacial score (nSPS) is 12.5. The molecule has 0 spiro atoms. The smallest absolute Gasteiger partial charge is 0.240 e. The fourth-order valence-electron chi connectivity index (χ4n) is 3.09. The van der Waals surface area contributed by atoms with Gasteiger partial charge in [-0.15, -0.1) is 5.10 Å². The summed E-state index contributed by atoms with van der Waals surface area (Å²) in [5.74, 6) is 0.262. The molecule has 8 nitrogen and oxygen atoms in total. The number of ether oxygens (including phenoxy) is 1. The molecule has 0 aliphatic heterocycles. The van der Waals surface area contributed by atoms with Crippen LogP contribution >= 0.6 is 0 Å². The second kappa shape index (κ2) is 10.8. The molecule has 0 aliphatic carbocycles. The molecule has 1 heterocycles. The number of aryl methyl sites for hydroxylation is 2. The van der Waals surface area contributed by atoms with E-state index < -0.39 is 11.6 Å². The van der Waals surface area contributed by atoms with Crippen LogP contribution in [-0.2, 0) is 29.1 Å². The van der Waals surface area contributed by atoms with E-state index in [1.807, 2.05) is 48.5 Å². The van der Waals surface area contributed by atoms with Gasteiger partial charge in [0.25, 0.3) is 0 Å². The summed E-state index contributed by atoms with van der Waals surface area (Å²) in [5, 5.41) is 15.1. The average molecular weight is 423 g/mol. The van der Waals surface area contributed by atoms with Gasteiger partial charge < -0.3 is 15.8 Å². The minimum Gasteiger partial charge on any atom is -0.374 e. The Hall–Kier alpha value is -3.10. The van der Waals surface area contributed by atoms with Gasteiger partial charge in [0.15, 0.2) is 5.82 Å². The summed E-state index contributed by atoms with van der Waals surface area (Å²) in [6.45, 7) is 4.61. The van der Waals surface area contributed by atoms with Gasteiger partial charge in [0.1, 0.15) is 6.04 Å². The first-order valence-electron chi connectivity index (χ1n) is 10.4. The summed E-state index contributed by atoms with van der Waals surface area (Å²) in [7, 11) is 0. The molecule has 0 radical (unpaired) electrons. The van der Waals surface area contributed by atoms with Crippen molar-refractivity contribution >= 4 is 5.91 Å². The molecule has 3 rings (SSSR count). The largest absolute Gasteiger partial charge is 0.374 e. The van der Waals surface area contributed by atoms with E-state index in [9.17, 15) is 4.79 Å². The number of hydrogen-bond donors (Lipinski definition) is 2. The molecule has 3 aromatic rings. The number of nitrogens with zero attached hydrogens (tertiary/aromatic N) is 4. The van der Waals surface area contributed by atoms with Gasteiger partial charge in [-0.25, -0.2) is 4.68 Å². The third-order valence-corrected chi connectivity index (χ3v) is 4.84. The maximum absolute atomic E-state index is 12.5. The molecule has 31 heavy (non-hydrogen) atoms. The van der Waals surface area contributed by atoms with Gasteiger partial charge in [-0.05, 0) is 48.2 Å². The number of carbonyl (C=O) groups excluding carboxylic acids is 1. The number of amides is 1. The first-order chi connectivity index (χ1) is 14.9. The van der Waals surface area contributed by atoms with Gasteiger partial charge in [-0.3, -0.25) is 4.79 Å². The Morgan fingerprint density at radius 3 is 2.39 bits per heavy atom. The van der Waals surface area contributed by atoms with Gasteiger partial charge in [0.05, 0.1) is 18.8 Å². The van der Waals surface area contributed by atoms with Gasteiger partial charge in [-0.1, -0.05) is 60.7 Å². The second-order valence-electron chi connectivity index (χ2n) is 8.10. The van der Waals surface area contributed by atoms with E-state index in [2.05, 4.69) is 33.0 Å². The highest BCUT2D eigenvalue weighted by molar-refractivity contribution is 5.85. The molecule has 0 unspecified atom stereocenters. The van der Waals surface area contributed by atoms with Crippen LogP contribution in [0.4, 0.5) is 0 Å². The molecule has 164 valence electrons. The number of nitrogens with two attached hydrogens (primary N) is 1. The van der Waals surface area contributed by atoms with Crippen molar-refractivity contribution in [2.24, 2.45) is 5.73 Å². The molecule has 1 aromatic heterocycles. The Morgan fingerprint density at radius 1 is 1.10 bits per heavy atom. The van der Waals surface area contributed by atoms with Crippen LogP contribution in [0.5, 0.6) is 0 Å². The number of carbonyl (C=O) groups is 1. The molecule has 1 atom stereocenters. The lowest BCUT2D eigenvalue weighted by molar-refractivity contribution is -0.126. The predicted octanol–water partition coefficient (Wildman–Crippen LogP) is 2.42. The topological polar surface area (TPSA) is 108 Å². The van der Waals surface area contributed by atoms with E-state index in [0.717, 1.165) is 18.4 Å². The first-order valence-corrected chi connectivity index (χ1v) is 10.4. The third-order valence-electron chi connectivity index (χ3n) is 4.84. The minimum atomic E-state index is -1.02. The highest BCUT2D eigenvalue weighted by Gasteiger charge is 2.28. The maximum Gasteiger partial charge on any atom is 0.240 e. The van der Waals surface area contributed by atoms with Crippen LogP contribution in [0.3, 0.4) is 0 Å². The number of benzene rings is 2. The van der Waals surface area contributed by atoms with Gasteiger partial charge in [0.2, 0.25) is 5.91 Å². The summed E-state index contributed by atoms with van der Waals surface area (Å²) in [6.07, 6.45) is 1.79. The standard InChI is InChI=1S/C23H30N6O2/c1-23(2,24)22(30)25-20(17-31-16-19-12-7-4-8-13-19)21-26-27-28-29(21)15-9-14-18-10-5-3-6-11-18/h3-8,10-13,20H,9,14-17,24H2,1-2H3,(H,25,30)/t20-/m1/s1. The maximum atomic E-state index is 12.5. The predicted molar refractivity (Wildman–Crippen MR) is 118 cm³/mol. The molecular weight excluding hydrogens is 392 g/mol. The number of rotatable bonds is 11. The Labute approximate surface area is 182 Å². The summed E-state index contributed by atoms with van der Waals surface area (Å²) < 4.78 is 7.61. The van der Waals surface area contributed by atoms with Crippen molar-refractivity contribution in [2.75, 3.05) is 6.61 Å². The van der Waals surface area contributed by atoms with Crippen molar-refractivity contribution in [1.29, 1.82) is 0 Å². The van der Waals surface area contributed by atoms with E-state index in [-0.39, 0.29) is 12.5 Å². The molecular formula is C23H30N6O2. The Bertz CT molecular complexity index is 937. The van der Waals surface area contributed by atoms with E-state index in [0.29, 0.717) is 19.0 Å². The zero-order chi connectivity index (χ0) is 22.1. The van der Waals surface area contributed by atoms with E-state index in [1.54, 1.807) is 18.5 Å². The third kappa shape index (κ3) is 6.97. The van der Waals surface area contributed by atoms with E-state index >= 15 is 0 Å². The molecule has 8 heteroatoms. The van der Waals surface area contributed by atoms with Crippen LogP contribution in [0.2, 0.25) is 0 Å². The molecule has 0 aliphatic rings. The molecule has 0 fully saturated rings. The SMILES string of the molecule is CC(C)(N)C(=O)N[C@H](COCc1ccccc1)c1nnnn1CCCc1ccccc1. The summed E-state index contributed by atoms with van der Waals surface area (Å²) in [5.41, 5.74) is 7.26. The monoisotopic (exact) mass is 422 g/mol. The van der Waals surface area contributed by atoms with Crippen molar-refractivity contribution in [3.63, 3.8) is 0 Å². The van der Waals surface area contributed by atoms with E-state index in [1.165, 1.54) is 5.56 Å². The number of hydrogen-bond acceptors (Lipinski definition) is 6. The molecule has 2 aromatic carbocycles. The molecule has 0 saturated carbocycles. The lowest BCUT2D eigenvalue weighted by Crippen LogP contribution is -2.51. The Balaban J connectivity index is 1.66. The lowest BCUT2D eigenvalue weighted by Gasteiger charge is -2.23.